The van der Waals surface area contributed by atoms with E-state index in [1.54, 1.807) is 23.4 Å². The average Bonchev–Trinajstić information content (AvgIpc) is 3.23. The molecular weight excluding hydrogens is 456 g/mol. The summed E-state index contributed by atoms with van der Waals surface area (Å²) >= 11 is 6.30. The van der Waals surface area contributed by atoms with Gasteiger partial charge in [-0.3, -0.25) is 4.79 Å². The smallest absolute Gasteiger partial charge is 0.337 e. The summed E-state index contributed by atoms with van der Waals surface area (Å²) in [5, 5.41) is 12.8. The van der Waals surface area contributed by atoms with Crippen LogP contribution in [0.1, 0.15) is 34.3 Å². The first-order valence-corrected chi connectivity index (χ1v) is 11.4. The molecule has 0 unspecified atom stereocenters. The van der Waals surface area contributed by atoms with Crippen molar-refractivity contribution in [3.05, 3.63) is 70.5 Å². The molecule has 2 N–H and O–H groups in total. The quantitative estimate of drug-likeness (QED) is 0.467. The molecule has 1 fully saturated rings. The van der Waals surface area contributed by atoms with Crippen LogP contribution in [0.15, 0.2) is 48.8 Å². The SMILES string of the molecule is Cc1cccc(CNc2ncc(-c3cc(OCCN4CCCC4=O)c(Cl)c(C(=O)O)c3)cn2)c1. The Hall–Kier alpha value is -3.65. The van der Waals surface area contributed by atoms with Gasteiger partial charge in [0, 0.05) is 37.5 Å². The fourth-order valence-electron chi connectivity index (χ4n) is 3.80. The van der Waals surface area contributed by atoms with Crippen LogP contribution in [0.5, 0.6) is 5.75 Å². The molecule has 0 radical (unpaired) electrons. The van der Waals surface area contributed by atoms with Crippen LogP contribution in [0.25, 0.3) is 11.1 Å². The zero-order valence-electron chi connectivity index (χ0n) is 18.8. The molecule has 8 nitrogen and oxygen atoms in total. The lowest BCUT2D eigenvalue weighted by Gasteiger charge is -2.17. The van der Waals surface area contributed by atoms with E-state index in [2.05, 4.69) is 21.4 Å². The molecule has 2 heterocycles. The van der Waals surface area contributed by atoms with Gasteiger partial charge in [-0.05, 0) is 36.6 Å². The van der Waals surface area contributed by atoms with Crippen LogP contribution in [-0.2, 0) is 11.3 Å². The van der Waals surface area contributed by atoms with Gasteiger partial charge >= 0.3 is 5.97 Å². The second kappa shape index (κ2) is 10.5. The van der Waals surface area contributed by atoms with Crippen molar-refractivity contribution in [1.29, 1.82) is 0 Å². The van der Waals surface area contributed by atoms with Gasteiger partial charge in [-0.15, -0.1) is 0 Å². The lowest BCUT2D eigenvalue weighted by atomic mass is 10.0. The van der Waals surface area contributed by atoms with E-state index in [9.17, 15) is 14.7 Å². The molecule has 0 saturated carbocycles. The van der Waals surface area contributed by atoms with E-state index in [4.69, 9.17) is 16.3 Å². The fraction of sp³-hybridized carbons (Fsp3) is 0.280. The first kappa shape index (κ1) is 23.5. The third kappa shape index (κ3) is 5.63. The Bertz CT molecular complexity index is 1200. The summed E-state index contributed by atoms with van der Waals surface area (Å²) in [7, 11) is 0. The number of aromatic carboxylic acids is 1. The number of carbonyl (C=O) groups excluding carboxylic acids is 1. The van der Waals surface area contributed by atoms with Crippen LogP contribution >= 0.6 is 11.6 Å². The highest BCUT2D eigenvalue weighted by Crippen LogP contribution is 2.34. The number of carboxylic acids is 1. The first-order valence-electron chi connectivity index (χ1n) is 11.0. The summed E-state index contributed by atoms with van der Waals surface area (Å²) < 4.78 is 5.78. The number of halogens is 1. The lowest BCUT2D eigenvalue weighted by Crippen LogP contribution is -2.29. The summed E-state index contributed by atoms with van der Waals surface area (Å²) in [4.78, 5) is 34.0. The van der Waals surface area contributed by atoms with Crippen LogP contribution in [-0.4, -0.2) is 51.5 Å². The van der Waals surface area contributed by atoms with Crippen LogP contribution in [0, 0.1) is 6.92 Å². The van der Waals surface area contributed by atoms with Crippen LogP contribution in [0.2, 0.25) is 5.02 Å². The van der Waals surface area contributed by atoms with Gasteiger partial charge in [-0.2, -0.15) is 0 Å². The second-order valence-corrected chi connectivity index (χ2v) is 8.49. The van der Waals surface area contributed by atoms with Gasteiger partial charge in [0.1, 0.15) is 12.4 Å². The molecule has 0 atom stereocenters. The number of nitrogens with one attached hydrogen (secondary N) is 1. The third-order valence-electron chi connectivity index (χ3n) is 5.58. The topological polar surface area (TPSA) is 105 Å². The molecule has 1 saturated heterocycles. The Labute approximate surface area is 202 Å². The predicted molar refractivity (Wildman–Crippen MR) is 129 cm³/mol. The van der Waals surface area contributed by atoms with Gasteiger partial charge < -0.3 is 20.1 Å². The maximum Gasteiger partial charge on any atom is 0.337 e. The van der Waals surface area contributed by atoms with E-state index in [0.717, 1.165) is 12.0 Å². The molecular formula is C25H25ClN4O4. The van der Waals surface area contributed by atoms with Gasteiger partial charge in [0.15, 0.2) is 0 Å². The highest BCUT2D eigenvalue weighted by Gasteiger charge is 2.21. The maximum atomic E-state index is 11.8. The molecule has 3 aromatic rings. The third-order valence-corrected chi connectivity index (χ3v) is 5.97. The fourth-order valence-corrected chi connectivity index (χ4v) is 4.05. The second-order valence-electron chi connectivity index (χ2n) is 8.11. The minimum atomic E-state index is -1.16. The van der Waals surface area contributed by atoms with Gasteiger partial charge in [0.05, 0.1) is 17.1 Å². The minimum Gasteiger partial charge on any atom is -0.490 e. The number of aryl methyl sites for hydroxylation is 1. The highest BCUT2D eigenvalue weighted by molar-refractivity contribution is 6.35. The number of nitrogens with zero attached hydrogens (tertiary/aromatic N) is 3. The number of amides is 1. The monoisotopic (exact) mass is 480 g/mol. The Morgan fingerprint density at radius 2 is 2.00 bits per heavy atom. The number of benzene rings is 2. The highest BCUT2D eigenvalue weighted by atomic mass is 35.5. The molecule has 1 amide bonds. The van der Waals surface area contributed by atoms with E-state index >= 15 is 0 Å². The summed E-state index contributed by atoms with van der Waals surface area (Å²) in [6, 6.07) is 11.3. The summed E-state index contributed by atoms with van der Waals surface area (Å²) in [6.45, 7) is 3.97. The van der Waals surface area contributed by atoms with E-state index in [1.807, 2.05) is 25.1 Å². The van der Waals surface area contributed by atoms with E-state index < -0.39 is 5.97 Å². The zero-order chi connectivity index (χ0) is 24.1. The van der Waals surface area contributed by atoms with Gasteiger partial charge in [-0.1, -0.05) is 41.4 Å². The number of anilines is 1. The lowest BCUT2D eigenvalue weighted by molar-refractivity contribution is -0.128. The summed E-state index contributed by atoms with van der Waals surface area (Å²) in [6.07, 6.45) is 4.63. The molecule has 0 bridgehead atoms. The van der Waals surface area contributed by atoms with Crippen LogP contribution < -0.4 is 10.1 Å². The average molecular weight is 481 g/mol. The molecule has 9 heteroatoms. The van der Waals surface area contributed by atoms with Crippen LogP contribution in [0.3, 0.4) is 0 Å². The van der Waals surface area contributed by atoms with Crippen molar-refractivity contribution in [3.8, 4) is 16.9 Å². The zero-order valence-corrected chi connectivity index (χ0v) is 19.5. The Balaban J connectivity index is 1.48. The molecule has 0 spiro atoms. The molecule has 176 valence electrons. The normalized spacial score (nSPS) is 13.2. The maximum absolute atomic E-state index is 11.8. The molecule has 1 aromatic heterocycles. The number of hydrogen-bond acceptors (Lipinski definition) is 6. The van der Waals surface area contributed by atoms with E-state index in [-0.39, 0.29) is 28.8 Å². The van der Waals surface area contributed by atoms with Crippen molar-refractivity contribution in [2.75, 3.05) is 25.0 Å². The Kier molecular flexibility index (Phi) is 7.27. The Morgan fingerprint density at radius 1 is 1.21 bits per heavy atom. The predicted octanol–water partition coefficient (Wildman–Crippen LogP) is 4.42. The number of carboxylic acid groups (broad SMARTS) is 1. The van der Waals surface area contributed by atoms with Gasteiger partial charge in [0.2, 0.25) is 11.9 Å². The number of likely N-dealkylation sites (tertiary alicyclic amines) is 1. The van der Waals surface area contributed by atoms with Gasteiger partial charge in [0.25, 0.3) is 0 Å². The van der Waals surface area contributed by atoms with Crippen molar-refractivity contribution in [2.45, 2.75) is 26.3 Å². The Morgan fingerprint density at radius 3 is 2.68 bits per heavy atom. The van der Waals surface area contributed by atoms with Crippen molar-refractivity contribution in [1.82, 2.24) is 14.9 Å². The molecule has 1 aliphatic heterocycles. The number of carbonyl (C=O) groups is 2. The first-order chi connectivity index (χ1) is 16.4. The van der Waals surface area contributed by atoms with E-state index in [0.29, 0.717) is 43.1 Å². The van der Waals surface area contributed by atoms with Gasteiger partial charge in [-0.25, -0.2) is 14.8 Å². The molecule has 34 heavy (non-hydrogen) atoms. The van der Waals surface area contributed by atoms with Crippen molar-refractivity contribution < 1.29 is 19.4 Å². The van der Waals surface area contributed by atoms with E-state index in [1.165, 1.54) is 11.6 Å². The summed E-state index contributed by atoms with van der Waals surface area (Å²) in [5.41, 5.74) is 3.42. The van der Waals surface area contributed by atoms with Crippen molar-refractivity contribution in [3.63, 3.8) is 0 Å². The molecule has 1 aliphatic rings. The van der Waals surface area contributed by atoms with Crippen LogP contribution in [0.4, 0.5) is 5.95 Å². The number of aromatic nitrogens is 2. The molecule has 0 aliphatic carbocycles. The largest absolute Gasteiger partial charge is 0.490 e. The van der Waals surface area contributed by atoms with Crippen molar-refractivity contribution >= 4 is 29.4 Å². The number of ether oxygens (including phenoxy) is 1. The molecule has 4 rings (SSSR count). The number of rotatable bonds is 9. The minimum absolute atomic E-state index is 0.0151. The molecule has 2 aromatic carbocycles. The van der Waals surface area contributed by atoms with Crippen molar-refractivity contribution in [2.24, 2.45) is 0 Å². The standard InChI is InChI=1S/C25H25ClN4O4/c1-16-4-2-5-17(10-16)13-27-25-28-14-19(15-29-25)18-11-20(24(32)33)23(26)21(12-18)34-9-8-30-7-3-6-22(30)31/h2,4-5,10-12,14-15H,3,6-9,13H2,1H3,(H,32,33)(H,27,28,29). The number of hydrogen-bond donors (Lipinski definition) is 2. The summed E-state index contributed by atoms with van der Waals surface area (Å²) in [5.74, 6) is -0.360.